The van der Waals surface area contributed by atoms with Crippen LogP contribution in [0.3, 0.4) is 0 Å². The van der Waals surface area contributed by atoms with Gasteiger partial charge < -0.3 is 10.4 Å². The Balaban J connectivity index is 3.44. The summed E-state index contributed by atoms with van der Waals surface area (Å²) in [6.45, 7) is 8.25. The van der Waals surface area contributed by atoms with Crippen LogP contribution in [0.5, 0.6) is 0 Å². The maximum atomic E-state index is 12.1. The Hall–Kier alpha value is -0.610. The van der Waals surface area contributed by atoms with Gasteiger partial charge in [-0.3, -0.25) is 10.1 Å². The lowest BCUT2D eigenvalue weighted by Crippen LogP contribution is -2.55. The third kappa shape index (κ3) is 19.1. The lowest BCUT2D eigenvalue weighted by atomic mass is 10.0. The SMILES string of the molecule is CCCCCCCCCCCCCCCCCC(=O)NC(CC)NC(C)(C)CO. The first-order chi connectivity index (χ1) is 13.9. The van der Waals surface area contributed by atoms with Gasteiger partial charge in [0.05, 0.1) is 12.8 Å². The van der Waals surface area contributed by atoms with E-state index in [1.807, 2.05) is 20.8 Å². The topological polar surface area (TPSA) is 61.4 Å². The second-order valence-corrected chi connectivity index (χ2v) is 9.41. The average Bonchev–Trinajstić information content (AvgIpc) is 2.70. The molecule has 0 aliphatic carbocycles. The van der Waals surface area contributed by atoms with E-state index in [2.05, 4.69) is 17.6 Å². The van der Waals surface area contributed by atoms with Crippen LogP contribution in [0.2, 0.25) is 0 Å². The summed E-state index contributed by atoms with van der Waals surface area (Å²) >= 11 is 0. The van der Waals surface area contributed by atoms with Gasteiger partial charge in [-0.05, 0) is 26.7 Å². The Bertz CT molecular complexity index is 372. The predicted octanol–water partition coefficient (Wildman–Crippen LogP) is 6.46. The van der Waals surface area contributed by atoms with Crippen molar-refractivity contribution >= 4 is 5.91 Å². The van der Waals surface area contributed by atoms with Gasteiger partial charge in [0.2, 0.25) is 5.91 Å². The largest absolute Gasteiger partial charge is 0.394 e. The number of nitrogens with one attached hydrogen (secondary N) is 2. The summed E-state index contributed by atoms with van der Waals surface area (Å²) in [7, 11) is 0. The zero-order chi connectivity index (χ0) is 21.8. The lowest BCUT2D eigenvalue weighted by Gasteiger charge is -2.30. The van der Waals surface area contributed by atoms with Gasteiger partial charge in [-0.25, -0.2) is 0 Å². The Labute approximate surface area is 182 Å². The van der Waals surface area contributed by atoms with E-state index in [0.717, 1.165) is 19.3 Å². The fraction of sp³-hybridized carbons (Fsp3) is 0.960. The summed E-state index contributed by atoms with van der Waals surface area (Å²) in [5.41, 5.74) is -0.372. The molecule has 4 nitrogen and oxygen atoms in total. The Morgan fingerprint density at radius 2 is 1.17 bits per heavy atom. The van der Waals surface area contributed by atoms with E-state index in [1.54, 1.807) is 0 Å². The summed E-state index contributed by atoms with van der Waals surface area (Å²) in [6.07, 6.45) is 21.5. The normalized spacial score (nSPS) is 12.9. The molecule has 0 rings (SSSR count). The predicted molar refractivity (Wildman–Crippen MR) is 126 cm³/mol. The molecule has 0 spiro atoms. The minimum atomic E-state index is -0.372. The molecular formula is C25H52N2O2. The molecule has 0 aromatic carbocycles. The number of aliphatic hydroxyl groups excluding tert-OH is 1. The van der Waals surface area contributed by atoms with Crippen molar-refractivity contribution in [3.8, 4) is 0 Å². The smallest absolute Gasteiger partial charge is 0.221 e. The second-order valence-electron chi connectivity index (χ2n) is 9.41. The molecule has 1 unspecified atom stereocenters. The van der Waals surface area contributed by atoms with E-state index in [4.69, 9.17) is 0 Å². The van der Waals surface area contributed by atoms with Gasteiger partial charge in [-0.1, -0.05) is 104 Å². The molecule has 0 radical (unpaired) electrons. The fourth-order valence-corrected chi connectivity index (χ4v) is 3.68. The zero-order valence-corrected chi connectivity index (χ0v) is 20.2. The van der Waals surface area contributed by atoms with Crippen LogP contribution in [0.1, 0.15) is 137 Å². The van der Waals surface area contributed by atoms with Crippen LogP contribution in [-0.2, 0) is 4.79 Å². The first-order valence-electron chi connectivity index (χ1n) is 12.6. The number of unbranched alkanes of at least 4 members (excludes halogenated alkanes) is 14. The molecule has 1 amide bonds. The van der Waals surface area contributed by atoms with Crippen molar-refractivity contribution < 1.29 is 9.90 Å². The first kappa shape index (κ1) is 28.4. The van der Waals surface area contributed by atoms with E-state index in [0.29, 0.717) is 6.42 Å². The molecule has 0 saturated carbocycles. The van der Waals surface area contributed by atoms with Crippen LogP contribution >= 0.6 is 0 Å². The van der Waals surface area contributed by atoms with Gasteiger partial charge >= 0.3 is 0 Å². The molecule has 0 bridgehead atoms. The van der Waals surface area contributed by atoms with E-state index >= 15 is 0 Å². The molecule has 0 aliphatic heterocycles. The monoisotopic (exact) mass is 412 g/mol. The molecular weight excluding hydrogens is 360 g/mol. The maximum Gasteiger partial charge on any atom is 0.221 e. The van der Waals surface area contributed by atoms with Crippen molar-refractivity contribution in [1.82, 2.24) is 10.6 Å². The third-order valence-electron chi connectivity index (χ3n) is 5.71. The van der Waals surface area contributed by atoms with Crippen molar-refractivity contribution in [1.29, 1.82) is 0 Å². The molecule has 4 heteroatoms. The van der Waals surface area contributed by atoms with Crippen molar-refractivity contribution in [3.05, 3.63) is 0 Å². The summed E-state index contributed by atoms with van der Waals surface area (Å²) in [5.74, 6) is 0.118. The van der Waals surface area contributed by atoms with Crippen molar-refractivity contribution in [3.63, 3.8) is 0 Å². The quantitative estimate of drug-likeness (QED) is 0.150. The van der Waals surface area contributed by atoms with Crippen molar-refractivity contribution in [2.75, 3.05) is 6.61 Å². The summed E-state index contributed by atoms with van der Waals surface area (Å²) in [6, 6.07) is 0. The number of aliphatic hydroxyl groups is 1. The van der Waals surface area contributed by atoms with E-state index < -0.39 is 0 Å². The summed E-state index contributed by atoms with van der Waals surface area (Å²) < 4.78 is 0. The lowest BCUT2D eigenvalue weighted by molar-refractivity contribution is -0.122. The molecule has 29 heavy (non-hydrogen) atoms. The minimum Gasteiger partial charge on any atom is -0.394 e. The molecule has 3 N–H and O–H groups in total. The van der Waals surface area contributed by atoms with Gasteiger partial charge in [-0.15, -0.1) is 0 Å². The van der Waals surface area contributed by atoms with Crippen LogP contribution in [0.4, 0.5) is 0 Å². The van der Waals surface area contributed by atoms with Gasteiger partial charge in [0.1, 0.15) is 0 Å². The van der Waals surface area contributed by atoms with Gasteiger partial charge in [0.25, 0.3) is 0 Å². The average molecular weight is 413 g/mol. The highest BCUT2D eigenvalue weighted by Gasteiger charge is 2.21. The van der Waals surface area contributed by atoms with E-state index in [-0.39, 0.29) is 24.2 Å². The van der Waals surface area contributed by atoms with Crippen LogP contribution in [0.25, 0.3) is 0 Å². The standard InChI is InChI=1S/C25H52N2O2/c1-5-7-8-9-10-11-12-13-14-15-16-17-18-19-20-21-24(29)26-23(6-2)27-25(3,4)22-28/h23,27-28H,5-22H2,1-4H3,(H,26,29). The number of hydrogen-bond donors (Lipinski definition) is 3. The maximum absolute atomic E-state index is 12.1. The van der Waals surface area contributed by atoms with Crippen molar-refractivity contribution in [2.24, 2.45) is 0 Å². The number of rotatable bonds is 21. The number of carbonyl (C=O) groups excluding carboxylic acids is 1. The first-order valence-corrected chi connectivity index (χ1v) is 12.6. The van der Waals surface area contributed by atoms with E-state index in [9.17, 15) is 9.90 Å². The highest BCUT2D eigenvalue weighted by atomic mass is 16.3. The molecule has 0 heterocycles. The summed E-state index contributed by atoms with van der Waals surface area (Å²) in [4.78, 5) is 12.1. The van der Waals surface area contributed by atoms with Crippen LogP contribution in [0, 0.1) is 0 Å². The van der Waals surface area contributed by atoms with E-state index in [1.165, 1.54) is 83.5 Å². The van der Waals surface area contributed by atoms with Crippen LogP contribution in [0.15, 0.2) is 0 Å². The minimum absolute atomic E-state index is 0.0540. The fourth-order valence-electron chi connectivity index (χ4n) is 3.68. The second kappa shape index (κ2) is 19.4. The highest BCUT2D eigenvalue weighted by molar-refractivity contribution is 5.76. The molecule has 0 saturated heterocycles. The Morgan fingerprint density at radius 1 is 0.759 bits per heavy atom. The van der Waals surface area contributed by atoms with Gasteiger partial charge in [0.15, 0.2) is 0 Å². The molecule has 0 aliphatic rings. The third-order valence-corrected chi connectivity index (χ3v) is 5.71. The molecule has 0 aromatic rings. The Kier molecular flexibility index (Phi) is 19.0. The molecule has 1 atom stereocenters. The highest BCUT2D eigenvalue weighted by Crippen LogP contribution is 2.13. The van der Waals surface area contributed by atoms with Gasteiger partial charge in [-0.2, -0.15) is 0 Å². The van der Waals surface area contributed by atoms with Crippen LogP contribution in [-0.4, -0.2) is 29.3 Å². The van der Waals surface area contributed by atoms with Crippen LogP contribution < -0.4 is 10.6 Å². The van der Waals surface area contributed by atoms with Crippen molar-refractivity contribution in [2.45, 2.75) is 149 Å². The molecule has 0 aromatic heterocycles. The summed E-state index contributed by atoms with van der Waals surface area (Å²) in [5, 5.41) is 15.7. The number of carbonyl (C=O) groups is 1. The Morgan fingerprint density at radius 3 is 1.55 bits per heavy atom. The van der Waals surface area contributed by atoms with Gasteiger partial charge in [0, 0.05) is 12.0 Å². The molecule has 0 fully saturated rings. The number of hydrogen-bond acceptors (Lipinski definition) is 3. The molecule has 174 valence electrons. The number of amides is 1. The zero-order valence-electron chi connectivity index (χ0n) is 20.2.